The van der Waals surface area contributed by atoms with Gasteiger partial charge in [-0.2, -0.15) is 0 Å². The highest BCUT2D eigenvalue weighted by atomic mass is 32.1. The fourth-order valence-electron chi connectivity index (χ4n) is 4.44. The third kappa shape index (κ3) is 3.19. The van der Waals surface area contributed by atoms with Crippen molar-refractivity contribution in [2.24, 2.45) is 7.05 Å². The average Bonchev–Trinajstić information content (AvgIpc) is 3.15. The zero-order valence-corrected chi connectivity index (χ0v) is 17.7. The SMILES string of the molecule is Cn1c(N2CCN(C(=O)c3ccc(F)cc3)CC2)nc2sc3c(c2c1=O)CCCC3. The van der Waals surface area contributed by atoms with Gasteiger partial charge >= 0.3 is 0 Å². The van der Waals surface area contributed by atoms with Gasteiger partial charge in [-0.25, -0.2) is 9.37 Å². The quantitative estimate of drug-likeness (QED) is 0.632. The molecule has 1 amide bonds. The molecular weight excluding hydrogens is 403 g/mol. The molecule has 1 fully saturated rings. The maximum Gasteiger partial charge on any atom is 0.263 e. The van der Waals surface area contributed by atoms with Crippen molar-refractivity contribution in [2.75, 3.05) is 31.1 Å². The van der Waals surface area contributed by atoms with Crippen LogP contribution >= 0.6 is 11.3 Å². The van der Waals surface area contributed by atoms with Crippen LogP contribution in [0.2, 0.25) is 0 Å². The van der Waals surface area contributed by atoms with E-state index in [0.717, 1.165) is 29.5 Å². The van der Waals surface area contributed by atoms with Crippen LogP contribution in [0.5, 0.6) is 0 Å². The molecule has 5 rings (SSSR count). The second kappa shape index (κ2) is 7.50. The number of fused-ring (bicyclic) bond motifs is 3. The van der Waals surface area contributed by atoms with Crippen molar-refractivity contribution in [1.29, 1.82) is 0 Å². The van der Waals surface area contributed by atoms with Gasteiger partial charge in [0.15, 0.2) is 0 Å². The molecule has 2 aromatic heterocycles. The largest absolute Gasteiger partial charge is 0.339 e. The maximum atomic E-state index is 13.1. The van der Waals surface area contributed by atoms with E-state index >= 15 is 0 Å². The van der Waals surface area contributed by atoms with Crippen molar-refractivity contribution in [3.63, 3.8) is 0 Å². The third-order valence-electron chi connectivity index (χ3n) is 6.11. The summed E-state index contributed by atoms with van der Waals surface area (Å²) in [5.41, 5.74) is 1.72. The second-order valence-corrected chi connectivity index (χ2v) is 9.04. The van der Waals surface area contributed by atoms with Gasteiger partial charge < -0.3 is 9.80 Å². The molecule has 0 saturated carbocycles. The number of amides is 1. The number of hydrogen-bond donors (Lipinski definition) is 0. The van der Waals surface area contributed by atoms with Gasteiger partial charge in [0.1, 0.15) is 10.6 Å². The van der Waals surface area contributed by atoms with Crippen LogP contribution in [-0.4, -0.2) is 46.5 Å². The number of piperazine rings is 1. The molecule has 156 valence electrons. The van der Waals surface area contributed by atoms with E-state index in [9.17, 15) is 14.0 Å². The molecular formula is C22H23FN4O2S. The molecule has 2 aliphatic rings. The Labute approximate surface area is 177 Å². The van der Waals surface area contributed by atoms with Gasteiger partial charge in [-0.05, 0) is 55.5 Å². The Morgan fingerprint density at radius 1 is 1.07 bits per heavy atom. The molecule has 6 nitrogen and oxygen atoms in total. The van der Waals surface area contributed by atoms with Gasteiger partial charge in [-0.15, -0.1) is 11.3 Å². The van der Waals surface area contributed by atoms with Crippen LogP contribution in [0.15, 0.2) is 29.1 Å². The summed E-state index contributed by atoms with van der Waals surface area (Å²) in [6.07, 6.45) is 4.32. The lowest BCUT2D eigenvalue weighted by Gasteiger charge is -2.35. The smallest absolute Gasteiger partial charge is 0.263 e. The molecule has 1 aromatic carbocycles. The van der Waals surface area contributed by atoms with E-state index in [2.05, 4.69) is 4.90 Å². The lowest BCUT2D eigenvalue weighted by Crippen LogP contribution is -2.50. The Morgan fingerprint density at radius 2 is 1.77 bits per heavy atom. The van der Waals surface area contributed by atoms with E-state index in [1.54, 1.807) is 27.9 Å². The van der Waals surface area contributed by atoms with Crippen molar-refractivity contribution < 1.29 is 9.18 Å². The minimum atomic E-state index is -0.353. The summed E-state index contributed by atoms with van der Waals surface area (Å²) in [6, 6.07) is 5.64. The lowest BCUT2D eigenvalue weighted by molar-refractivity contribution is 0.0746. The first-order chi connectivity index (χ1) is 14.5. The van der Waals surface area contributed by atoms with E-state index < -0.39 is 0 Å². The number of aromatic nitrogens is 2. The molecule has 1 aliphatic carbocycles. The number of hydrogen-bond acceptors (Lipinski definition) is 5. The van der Waals surface area contributed by atoms with E-state index in [1.165, 1.54) is 41.1 Å². The second-order valence-electron chi connectivity index (χ2n) is 7.95. The standard InChI is InChI=1S/C22H23FN4O2S/c1-25-21(29)18-16-4-2-3-5-17(16)30-19(18)24-22(25)27-12-10-26(11-13-27)20(28)14-6-8-15(23)9-7-14/h6-9H,2-5,10-13H2,1H3. The zero-order valence-electron chi connectivity index (χ0n) is 16.9. The predicted molar refractivity (Wildman–Crippen MR) is 116 cm³/mol. The number of rotatable bonds is 2. The maximum absolute atomic E-state index is 13.1. The number of aryl methyl sites for hydroxylation is 2. The molecule has 3 aromatic rings. The van der Waals surface area contributed by atoms with Gasteiger partial charge in [-0.3, -0.25) is 14.2 Å². The Bertz CT molecular complexity index is 1180. The minimum Gasteiger partial charge on any atom is -0.339 e. The summed E-state index contributed by atoms with van der Waals surface area (Å²) >= 11 is 1.66. The van der Waals surface area contributed by atoms with Crippen molar-refractivity contribution in [2.45, 2.75) is 25.7 Å². The van der Waals surface area contributed by atoms with E-state index in [0.29, 0.717) is 37.7 Å². The van der Waals surface area contributed by atoms with Crippen LogP contribution in [0.1, 0.15) is 33.6 Å². The molecule has 0 atom stereocenters. The van der Waals surface area contributed by atoms with Gasteiger partial charge in [-0.1, -0.05) is 0 Å². The number of thiophene rings is 1. The van der Waals surface area contributed by atoms with Gasteiger partial charge in [0.2, 0.25) is 5.95 Å². The molecule has 0 N–H and O–H groups in total. The molecule has 0 spiro atoms. The van der Waals surface area contributed by atoms with E-state index in [4.69, 9.17) is 4.98 Å². The lowest BCUT2D eigenvalue weighted by atomic mass is 9.97. The normalized spacial score (nSPS) is 16.7. The Hall–Kier alpha value is -2.74. The van der Waals surface area contributed by atoms with E-state index in [1.807, 2.05) is 0 Å². The van der Waals surface area contributed by atoms with Gasteiger partial charge in [0.05, 0.1) is 5.39 Å². The molecule has 0 unspecified atom stereocenters. The number of benzene rings is 1. The van der Waals surface area contributed by atoms with Crippen LogP contribution in [0.25, 0.3) is 10.2 Å². The van der Waals surface area contributed by atoms with Crippen LogP contribution in [0, 0.1) is 5.82 Å². The fourth-order valence-corrected chi connectivity index (χ4v) is 5.69. The summed E-state index contributed by atoms with van der Waals surface area (Å²) in [7, 11) is 1.78. The molecule has 1 aliphatic heterocycles. The highest BCUT2D eigenvalue weighted by molar-refractivity contribution is 7.18. The van der Waals surface area contributed by atoms with Crippen molar-refractivity contribution in [3.8, 4) is 0 Å². The molecule has 30 heavy (non-hydrogen) atoms. The first-order valence-corrected chi connectivity index (χ1v) is 11.2. The molecule has 3 heterocycles. The van der Waals surface area contributed by atoms with Crippen LogP contribution < -0.4 is 10.5 Å². The Balaban J connectivity index is 1.38. The molecule has 1 saturated heterocycles. The summed E-state index contributed by atoms with van der Waals surface area (Å²) in [5.74, 6) is 0.215. The van der Waals surface area contributed by atoms with Crippen molar-refractivity contribution in [1.82, 2.24) is 14.5 Å². The highest BCUT2D eigenvalue weighted by Gasteiger charge is 2.26. The predicted octanol–water partition coefficient (Wildman–Crippen LogP) is 2.98. The van der Waals surface area contributed by atoms with Crippen LogP contribution in [0.3, 0.4) is 0 Å². The topological polar surface area (TPSA) is 58.4 Å². The zero-order chi connectivity index (χ0) is 20.8. The third-order valence-corrected chi connectivity index (χ3v) is 7.30. The van der Waals surface area contributed by atoms with Crippen LogP contribution in [0.4, 0.5) is 10.3 Å². The Kier molecular flexibility index (Phi) is 4.81. The number of halogens is 1. The monoisotopic (exact) mass is 426 g/mol. The first-order valence-electron chi connectivity index (χ1n) is 10.3. The molecule has 0 radical (unpaired) electrons. The first kappa shape index (κ1) is 19.2. The summed E-state index contributed by atoms with van der Waals surface area (Å²) < 4.78 is 14.8. The summed E-state index contributed by atoms with van der Waals surface area (Å²) in [4.78, 5) is 36.7. The number of carbonyl (C=O) groups is 1. The van der Waals surface area contributed by atoms with Crippen molar-refractivity contribution in [3.05, 3.63) is 56.4 Å². The van der Waals surface area contributed by atoms with Gasteiger partial charge in [0.25, 0.3) is 11.5 Å². The number of carbonyl (C=O) groups excluding carboxylic acids is 1. The van der Waals surface area contributed by atoms with Crippen molar-refractivity contribution >= 4 is 33.4 Å². The minimum absolute atomic E-state index is 0.0271. The Morgan fingerprint density at radius 3 is 2.50 bits per heavy atom. The van der Waals surface area contributed by atoms with E-state index in [-0.39, 0.29) is 17.3 Å². The average molecular weight is 427 g/mol. The highest BCUT2D eigenvalue weighted by Crippen LogP contribution is 2.34. The summed E-state index contributed by atoms with van der Waals surface area (Å²) in [5, 5.41) is 0.797. The molecule has 0 bridgehead atoms. The van der Waals surface area contributed by atoms with Gasteiger partial charge in [0, 0.05) is 43.7 Å². The summed E-state index contributed by atoms with van der Waals surface area (Å²) in [6.45, 7) is 2.27. The van der Waals surface area contributed by atoms with Crippen LogP contribution in [-0.2, 0) is 19.9 Å². The number of nitrogens with zero attached hydrogens (tertiary/aromatic N) is 4. The number of anilines is 1. The molecule has 8 heteroatoms. The fraction of sp³-hybridized carbons (Fsp3) is 0.409.